The van der Waals surface area contributed by atoms with E-state index in [4.69, 9.17) is 4.74 Å². The van der Waals surface area contributed by atoms with Gasteiger partial charge in [0.05, 0.1) is 7.11 Å². The Bertz CT molecular complexity index is 401. The molecule has 0 saturated carbocycles. The molecule has 1 N–H and O–H groups in total. The minimum atomic E-state index is 0.137. The van der Waals surface area contributed by atoms with Gasteiger partial charge >= 0.3 is 0 Å². The number of methoxy groups -OCH3 is 1. The summed E-state index contributed by atoms with van der Waals surface area (Å²) in [5, 5.41) is 3.33. The van der Waals surface area contributed by atoms with Gasteiger partial charge in [-0.15, -0.1) is 0 Å². The number of carbonyl (C=O) groups excluding carboxylic acids is 1. The predicted molar refractivity (Wildman–Crippen MR) is 64.0 cm³/mol. The molecule has 1 unspecified atom stereocenters. The van der Waals surface area contributed by atoms with Crippen LogP contribution >= 0.6 is 0 Å². The van der Waals surface area contributed by atoms with E-state index in [2.05, 4.69) is 5.32 Å². The fraction of sp³-hybridized carbons (Fsp3) is 0.462. The van der Waals surface area contributed by atoms with Crippen molar-refractivity contribution in [2.24, 2.45) is 5.92 Å². The van der Waals surface area contributed by atoms with Crippen LogP contribution in [0.2, 0.25) is 0 Å². The van der Waals surface area contributed by atoms with Gasteiger partial charge in [-0.1, -0.05) is 0 Å². The lowest BCUT2D eigenvalue weighted by molar-refractivity contribution is -0.120. The van der Waals surface area contributed by atoms with Gasteiger partial charge in [0.15, 0.2) is 0 Å². The van der Waals surface area contributed by atoms with E-state index in [0.717, 1.165) is 30.8 Å². The van der Waals surface area contributed by atoms with Crippen LogP contribution in [-0.4, -0.2) is 19.4 Å². The first-order chi connectivity index (χ1) is 7.70. The number of hydrogen-bond acceptors (Lipinski definition) is 3. The van der Waals surface area contributed by atoms with Crippen molar-refractivity contribution in [3.8, 4) is 5.75 Å². The van der Waals surface area contributed by atoms with Crippen molar-refractivity contribution in [1.29, 1.82) is 0 Å². The van der Waals surface area contributed by atoms with Crippen LogP contribution < -0.4 is 10.1 Å². The van der Waals surface area contributed by atoms with Gasteiger partial charge in [0.2, 0.25) is 0 Å². The summed E-state index contributed by atoms with van der Waals surface area (Å²) in [6, 6.07) is 6.02. The van der Waals surface area contributed by atoms with Crippen LogP contribution in [0.25, 0.3) is 0 Å². The molecule has 3 heteroatoms. The fourth-order valence-corrected chi connectivity index (χ4v) is 2.09. The highest BCUT2D eigenvalue weighted by atomic mass is 16.5. The first-order valence-electron chi connectivity index (χ1n) is 5.62. The number of ketones is 1. The molecular formula is C13H17NO2. The van der Waals surface area contributed by atoms with E-state index >= 15 is 0 Å². The second-order valence-electron chi connectivity index (χ2n) is 4.25. The Kier molecular flexibility index (Phi) is 3.13. The molecule has 1 aromatic carbocycles. The highest BCUT2D eigenvalue weighted by molar-refractivity contribution is 5.79. The summed E-state index contributed by atoms with van der Waals surface area (Å²) in [4.78, 5) is 11.4. The second kappa shape index (κ2) is 4.56. The third-order valence-corrected chi connectivity index (χ3v) is 3.19. The summed E-state index contributed by atoms with van der Waals surface area (Å²) in [5.74, 6) is 1.28. The summed E-state index contributed by atoms with van der Waals surface area (Å²) in [5.41, 5.74) is 2.37. The molecule has 1 atom stereocenters. The Morgan fingerprint density at radius 3 is 3.00 bits per heavy atom. The van der Waals surface area contributed by atoms with E-state index in [0.29, 0.717) is 0 Å². The van der Waals surface area contributed by atoms with Crippen LogP contribution in [0.1, 0.15) is 18.9 Å². The molecule has 0 saturated heterocycles. The number of fused-ring (bicyclic) bond motifs is 1. The molecule has 0 bridgehead atoms. The molecule has 0 aromatic heterocycles. The number of hydrogen-bond donors (Lipinski definition) is 1. The summed E-state index contributed by atoms with van der Waals surface area (Å²) in [7, 11) is 1.67. The Balaban J connectivity index is 2.20. The standard InChI is InChI=1S/C13H17NO2/c1-9(15)11-4-3-10-7-12(16-2)5-6-13(10)14-8-11/h5-7,11,14H,3-4,8H2,1-2H3. The van der Waals surface area contributed by atoms with E-state index in [-0.39, 0.29) is 11.7 Å². The summed E-state index contributed by atoms with van der Waals surface area (Å²) >= 11 is 0. The van der Waals surface area contributed by atoms with Gasteiger partial charge in [-0.05, 0) is 43.5 Å². The van der Waals surface area contributed by atoms with E-state index in [1.165, 1.54) is 5.56 Å². The molecule has 1 aromatic rings. The van der Waals surface area contributed by atoms with E-state index < -0.39 is 0 Å². The fourth-order valence-electron chi connectivity index (χ4n) is 2.09. The first kappa shape index (κ1) is 11.0. The molecule has 0 spiro atoms. The SMILES string of the molecule is COc1ccc2c(c1)CCC(C(C)=O)CN2. The molecule has 3 nitrogen and oxygen atoms in total. The maximum absolute atomic E-state index is 11.4. The predicted octanol–water partition coefficient (Wildman–Crippen LogP) is 2.26. The topological polar surface area (TPSA) is 38.3 Å². The van der Waals surface area contributed by atoms with Gasteiger partial charge in [-0.2, -0.15) is 0 Å². The van der Waals surface area contributed by atoms with Crippen LogP contribution in [0.15, 0.2) is 18.2 Å². The van der Waals surface area contributed by atoms with Crippen LogP contribution in [-0.2, 0) is 11.2 Å². The van der Waals surface area contributed by atoms with E-state index in [9.17, 15) is 4.79 Å². The second-order valence-corrected chi connectivity index (χ2v) is 4.25. The molecule has 1 heterocycles. The number of nitrogens with one attached hydrogen (secondary N) is 1. The van der Waals surface area contributed by atoms with Gasteiger partial charge in [0.25, 0.3) is 0 Å². The van der Waals surface area contributed by atoms with Crippen molar-refractivity contribution >= 4 is 11.5 Å². The van der Waals surface area contributed by atoms with Gasteiger partial charge in [0.1, 0.15) is 11.5 Å². The number of rotatable bonds is 2. The van der Waals surface area contributed by atoms with Crippen molar-refractivity contribution in [1.82, 2.24) is 0 Å². The molecule has 0 fully saturated rings. The molecule has 2 rings (SSSR count). The third-order valence-electron chi connectivity index (χ3n) is 3.19. The number of Topliss-reactive ketones (excluding diaryl/α,β-unsaturated/α-hetero) is 1. The lowest BCUT2D eigenvalue weighted by Gasteiger charge is -2.10. The summed E-state index contributed by atoms with van der Waals surface area (Å²) in [6.07, 6.45) is 1.85. The van der Waals surface area contributed by atoms with Crippen molar-refractivity contribution in [3.63, 3.8) is 0 Å². The van der Waals surface area contributed by atoms with Gasteiger partial charge in [0, 0.05) is 18.2 Å². The molecule has 0 aliphatic carbocycles. The number of ether oxygens (including phenoxy) is 1. The average molecular weight is 219 g/mol. The minimum Gasteiger partial charge on any atom is -0.497 e. The maximum Gasteiger partial charge on any atom is 0.134 e. The van der Waals surface area contributed by atoms with E-state index in [1.54, 1.807) is 14.0 Å². The van der Waals surface area contributed by atoms with Gasteiger partial charge < -0.3 is 10.1 Å². The van der Waals surface area contributed by atoms with Crippen LogP contribution in [0, 0.1) is 5.92 Å². The highest BCUT2D eigenvalue weighted by Crippen LogP contribution is 2.27. The smallest absolute Gasteiger partial charge is 0.134 e. The molecule has 16 heavy (non-hydrogen) atoms. The molecular weight excluding hydrogens is 202 g/mol. The van der Waals surface area contributed by atoms with Crippen molar-refractivity contribution < 1.29 is 9.53 Å². The zero-order valence-electron chi connectivity index (χ0n) is 9.75. The maximum atomic E-state index is 11.4. The van der Waals surface area contributed by atoms with Gasteiger partial charge in [-0.25, -0.2) is 0 Å². The zero-order valence-corrected chi connectivity index (χ0v) is 9.75. The van der Waals surface area contributed by atoms with Crippen molar-refractivity contribution in [2.45, 2.75) is 19.8 Å². The van der Waals surface area contributed by atoms with Crippen molar-refractivity contribution in [2.75, 3.05) is 19.0 Å². The summed E-state index contributed by atoms with van der Waals surface area (Å²) < 4.78 is 5.20. The Morgan fingerprint density at radius 1 is 1.50 bits per heavy atom. The monoisotopic (exact) mass is 219 g/mol. The van der Waals surface area contributed by atoms with Crippen molar-refractivity contribution in [3.05, 3.63) is 23.8 Å². The van der Waals surface area contributed by atoms with Gasteiger partial charge in [-0.3, -0.25) is 4.79 Å². The van der Waals surface area contributed by atoms with Crippen LogP contribution in [0.3, 0.4) is 0 Å². The van der Waals surface area contributed by atoms with E-state index in [1.807, 2.05) is 18.2 Å². The zero-order chi connectivity index (χ0) is 11.5. The number of anilines is 1. The average Bonchev–Trinajstić information content (AvgIpc) is 2.50. The largest absolute Gasteiger partial charge is 0.497 e. The minimum absolute atomic E-state index is 0.137. The normalized spacial score (nSPS) is 19.2. The molecule has 86 valence electrons. The Labute approximate surface area is 95.8 Å². The molecule has 0 amide bonds. The third kappa shape index (κ3) is 2.18. The quantitative estimate of drug-likeness (QED) is 0.829. The first-order valence-corrected chi connectivity index (χ1v) is 5.62. The number of benzene rings is 1. The molecule has 0 radical (unpaired) electrons. The Morgan fingerprint density at radius 2 is 2.31 bits per heavy atom. The van der Waals surface area contributed by atoms with Crippen LogP contribution in [0.5, 0.6) is 5.75 Å². The highest BCUT2D eigenvalue weighted by Gasteiger charge is 2.19. The van der Waals surface area contributed by atoms with Crippen LogP contribution in [0.4, 0.5) is 5.69 Å². The lowest BCUT2D eigenvalue weighted by atomic mass is 9.98. The molecule has 1 aliphatic rings. The number of carbonyl (C=O) groups is 1. The lowest BCUT2D eigenvalue weighted by Crippen LogP contribution is -2.19. The number of aryl methyl sites for hydroxylation is 1. The molecule has 1 aliphatic heterocycles. The summed E-state index contributed by atoms with van der Waals surface area (Å²) in [6.45, 7) is 2.41. The Hall–Kier alpha value is -1.51.